The number of aryl methyl sites for hydroxylation is 1. The van der Waals surface area contributed by atoms with Gasteiger partial charge in [-0.1, -0.05) is 28.1 Å². The quantitative estimate of drug-likeness (QED) is 0.477. The lowest BCUT2D eigenvalue weighted by Crippen LogP contribution is -2.32. The number of benzene rings is 1. The van der Waals surface area contributed by atoms with Crippen LogP contribution in [0.25, 0.3) is 21.3 Å². The first-order valence-electron chi connectivity index (χ1n) is 8.88. The van der Waals surface area contributed by atoms with Crippen molar-refractivity contribution < 1.29 is 4.79 Å². The number of anilines is 1. The van der Waals surface area contributed by atoms with E-state index in [1.807, 2.05) is 35.7 Å². The molecule has 10 heteroatoms. The summed E-state index contributed by atoms with van der Waals surface area (Å²) in [6, 6.07) is 8.80. The molecule has 0 radical (unpaired) electrons. The number of nitrogens with one attached hydrogen (secondary N) is 1. The Hall–Kier alpha value is -3.29. The van der Waals surface area contributed by atoms with Crippen LogP contribution < -0.4 is 10.9 Å². The molecular weight excluding hydrogens is 468 g/mol. The van der Waals surface area contributed by atoms with Crippen LogP contribution in [0.3, 0.4) is 0 Å². The number of halogens is 1. The largest absolute Gasteiger partial charge is 0.308 e. The fourth-order valence-corrected chi connectivity index (χ4v) is 4.25. The number of nitrogens with zero attached hydrogens (tertiary/aromatic N) is 5. The molecule has 1 aromatic carbocycles. The van der Waals surface area contributed by atoms with Crippen molar-refractivity contribution in [1.29, 1.82) is 5.26 Å². The molecule has 0 aliphatic carbocycles. The summed E-state index contributed by atoms with van der Waals surface area (Å²) in [5, 5.41) is 18.2. The van der Waals surface area contributed by atoms with E-state index in [4.69, 9.17) is 0 Å². The van der Waals surface area contributed by atoms with Crippen LogP contribution in [0, 0.1) is 11.3 Å². The molecular formula is C20H15BrN6O2S. The molecule has 3 heterocycles. The number of nitriles is 1. The summed E-state index contributed by atoms with van der Waals surface area (Å²) in [4.78, 5) is 31.0. The van der Waals surface area contributed by atoms with E-state index in [9.17, 15) is 14.9 Å². The van der Waals surface area contributed by atoms with Crippen LogP contribution in [-0.2, 0) is 11.8 Å². The van der Waals surface area contributed by atoms with Gasteiger partial charge in [-0.3, -0.25) is 18.8 Å². The van der Waals surface area contributed by atoms with Gasteiger partial charge in [0.2, 0.25) is 5.91 Å². The van der Waals surface area contributed by atoms with Crippen LogP contribution in [0.4, 0.5) is 5.82 Å². The SMILES string of the molecule is CC(C(=O)Nc1c(C#N)cnn1C)n1cnc2scc(-c3ccc(Br)cc3)c2c1=O. The van der Waals surface area contributed by atoms with E-state index >= 15 is 0 Å². The van der Waals surface area contributed by atoms with Gasteiger partial charge >= 0.3 is 0 Å². The van der Waals surface area contributed by atoms with Gasteiger partial charge in [0.1, 0.15) is 28.3 Å². The second kappa shape index (κ2) is 7.85. The average Bonchev–Trinajstić information content (AvgIpc) is 3.33. The first-order valence-corrected chi connectivity index (χ1v) is 10.5. The number of amides is 1. The lowest BCUT2D eigenvalue weighted by atomic mass is 10.1. The van der Waals surface area contributed by atoms with E-state index in [1.165, 1.54) is 33.1 Å². The molecule has 0 spiro atoms. The van der Waals surface area contributed by atoms with Crippen LogP contribution in [0.2, 0.25) is 0 Å². The van der Waals surface area contributed by atoms with Gasteiger partial charge < -0.3 is 5.32 Å². The predicted octanol–water partition coefficient (Wildman–Crippen LogP) is 3.69. The van der Waals surface area contributed by atoms with Gasteiger partial charge in [-0.2, -0.15) is 10.4 Å². The van der Waals surface area contributed by atoms with Crippen molar-refractivity contribution >= 4 is 49.2 Å². The molecule has 0 aliphatic heterocycles. The number of carbonyl (C=O) groups is 1. The fourth-order valence-electron chi connectivity index (χ4n) is 3.08. The molecule has 4 aromatic rings. The molecule has 150 valence electrons. The lowest BCUT2D eigenvalue weighted by molar-refractivity contribution is -0.118. The minimum Gasteiger partial charge on any atom is -0.308 e. The van der Waals surface area contributed by atoms with Crippen LogP contribution in [0.5, 0.6) is 0 Å². The first kappa shape index (κ1) is 20.0. The molecule has 8 nitrogen and oxygen atoms in total. The van der Waals surface area contributed by atoms with Crippen molar-refractivity contribution in [2.24, 2.45) is 7.05 Å². The Labute approximate surface area is 183 Å². The Kier molecular flexibility index (Phi) is 5.24. The Morgan fingerprint density at radius 1 is 1.33 bits per heavy atom. The van der Waals surface area contributed by atoms with E-state index < -0.39 is 11.9 Å². The molecule has 1 N–H and O–H groups in total. The summed E-state index contributed by atoms with van der Waals surface area (Å²) in [7, 11) is 1.62. The molecule has 4 rings (SSSR count). The number of aromatic nitrogens is 4. The normalized spacial score (nSPS) is 11.9. The van der Waals surface area contributed by atoms with E-state index in [-0.39, 0.29) is 16.9 Å². The summed E-state index contributed by atoms with van der Waals surface area (Å²) in [6.45, 7) is 1.61. The minimum absolute atomic E-state index is 0.245. The third-order valence-corrected chi connectivity index (χ3v) is 6.19. The summed E-state index contributed by atoms with van der Waals surface area (Å²) in [5.74, 6) is -0.165. The third kappa shape index (κ3) is 3.42. The highest BCUT2D eigenvalue weighted by atomic mass is 79.9. The van der Waals surface area contributed by atoms with Crippen LogP contribution >= 0.6 is 27.3 Å². The Morgan fingerprint density at radius 2 is 2.07 bits per heavy atom. The highest BCUT2D eigenvalue weighted by molar-refractivity contribution is 9.10. The van der Waals surface area contributed by atoms with Crippen molar-refractivity contribution in [3.05, 3.63) is 62.6 Å². The zero-order valence-electron chi connectivity index (χ0n) is 16.0. The maximum absolute atomic E-state index is 13.3. The average molecular weight is 483 g/mol. The van der Waals surface area contributed by atoms with Crippen molar-refractivity contribution in [2.45, 2.75) is 13.0 Å². The minimum atomic E-state index is -0.839. The van der Waals surface area contributed by atoms with Gasteiger partial charge in [0.05, 0.1) is 17.9 Å². The number of fused-ring (bicyclic) bond motifs is 1. The highest BCUT2D eigenvalue weighted by Crippen LogP contribution is 2.31. The smallest absolute Gasteiger partial charge is 0.263 e. The van der Waals surface area contributed by atoms with Crippen LogP contribution in [-0.4, -0.2) is 25.2 Å². The predicted molar refractivity (Wildman–Crippen MR) is 118 cm³/mol. The topological polar surface area (TPSA) is 106 Å². The Bertz CT molecular complexity index is 1360. The summed E-state index contributed by atoms with van der Waals surface area (Å²) in [5.41, 5.74) is 1.62. The second-order valence-electron chi connectivity index (χ2n) is 6.60. The summed E-state index contributed by atoms with van der Waals surface area (Å²) >= 11 is 4.80. The van der Waals surface area contributed by atoms with Crippen molar-refractivity contribution in [3.63, 3.8) is 0 Å². The van der Waals surface area contributed by atoms with Crippen LogP contribution in [0.1, 0.15) is 18.5 Å². The molecule has 1 atom stereocenters. The third-order valence-electron chi connectivity index (χ3n) is 4.77. The summed E-state index contributed by atoms with van der Waals surface area (Å²) < 4.78 is 3.64. The van der Waals surface area contributed by atoms with Gasteiger partial charge in [0, 0.05) is 22.5 Å². The van der Waals surface area contributed by atoms with Crippen molar-refractivity contribution in [3.8, 4) is 17.2 Å². The maximum atomic E-state index is 13.3. The number of hydrogen-bond donors (Lipinski definition) is 1. The van der Waals surface area contributed by atoms with Crippen molar-refractivity contribution in [1.82, 2.24) is 19.3 Å². The fraction of sp³-hybridized carbons (Fsp3) is 0.150. The zero-order chi connectivity index (χ0) is 21.4. The molecule has 0 bridgehead atoms. The van der Waals surface area contributed by atoms with Gasteiger partial charge in [0.25, 0.3) is 5.56 Å². The van der Waals surface area contributed by atoms with Gasteiger partial charge in [-0.05, 0) is 24.6 Å². The first-order chi connectivity index (χ1) is 14.4. The molecule has 1 amide bonds. The standard InChI is InChI=1S/C20H15BrN6O2S/c1-11(18(28)25-17-13(7-22)8-24-26(17)2)27-10-23-19-16(20(27)29)15(9-30-19)12-3-5-14(21)6-4-12/h3-6,8-11H,1-2H3,(H,25,28). The van der Waals surface area contributed by atoms with E-state index in [0.29, 0.717) is 10.2 Å². The Balaban J connectivity index is 1.73. The monoisotopic (exact) mass is 482 g/mol. The van der Waals surface area contributed by atoms with E-state index in [2.05, 4.69) is 31.3 Å². The van der Waals surface area contributed by atoms with Gasteiger partial charge in [-0.25, -0.2) is 4.98 Å². The maximum Gasteiger partial charge on any atom is 0.263 e. The molecule has 0 aliphatic rings. The van der Waals surface area contributed by atoms with E-state index in [0.717, 1.165) is 15.6 Å². The van der Waals surface area contributed by atoms with Gasteiger partial charge in [0.15, 0.2) is 0 Å². The van der Waals surface area contributed by atoms with Gasteiger partial charge in [-0.15, -0.1) is 11.3 Å². The zero-order valence-corrected chi connectivity index (χ0v) is 18.4. The number of thiophene rings is 1. The summed E-state index contributed by atoms with van der Waals surface area (Å²) in [6.07, 6.45) is 2.75. The molecule has 0 saturated carbocycles. The molecule has 1 unspecified atom stereocenters. The van der Waals surface area contributed by atoms with Crippen LogP contribution in [0.15, 0.2) is 51.4 Å². The molecule has 0 saturated heterocycles. The molecule has 30 heavy (non-hydrogen) atoms. The Morgan fingerprint density at radius 3 is 2.77 bits per heavy atom. The number of carbonyl (C=O) groups excluding carboxylic acids is 1. The second-order valence-corrected chi connectivity index (χ2v) is 8.37. The number of rotatable bonds is 4. The molecule has 3 aromatic heterocycles. The lowest BCUT2D eigenvalue weighted by Gasteiger charge is -2.15. The van der Waals surface area contributed by atoms with E-state index in [1.54, 1.807) is 14.0 Å². The molecule has 0 fully saturated rings. The highest BCUT2D eigenvalue weighted by Gasteiger charge is 2.22. The number of hydrogen-bond acceptors (Lipinski definition) is 6. The van der Waals surface area contributed by atoms with Crippen molar-refractivity contribution in [2.75, 3.05) is 5.32 Å².